The van der Waals surface area contributed by atoms with E-state index in [0.29, 0.717) is 33.8 Å². The lowest BCUT2D eigenvalue weighted by Crippen LogP contribution is -2.44. The fourth-order valence-corrected chi connectivity index (χ4v) is 4.39. The summed E-state index contributed by atoms with van der Waals surface area (Å²) in [5.41, 5.74) is 1.36. The van der Waals surface area contributed by atoms with Gasteiger partial charge in [0.05, 0.1) is 12.1 Å². The molecule has 0 spiro atoms. The first-order valence-corrected chi connectivity index (χ1v) is 9.99. The Morgan fingerprint density at radius 1 is 1.52 bits per heavy atom. The predicted octanol–water partition coefficient (Wildman–Crippen LogP) is 3.60. The molecule has 1 aliphatic heterocycles. The maximum Gasteiger partial charge on any atom is 0.250 e. The molecule has 1 atom stereocenters. The molecule has 1 aliphatic rings. The third-order valence-corrected chi connectivity index (χ3v) is 5.57. The smallest absolute Gasteiger partial charge is 0.250 e. The fraction of sp³-hybridized carbons (Fsp3) is 0.353. The number of amides is 2. The molecule has 2 aromatic rings. The molecule has 6 nitrogen and oxygen atoms in total. The number of nitrogens with zero attached hydrogens (tertiary/aromatic N) is 2. The second-order valence-electron chi connectivity index (χ2n) is 5.59. The summed E-state index contributed by atoms with van der Waals surface area (Å²) in [4.78, 5) is 31.1. The van der Waals surface area contributed by atoms with Gasteiger partial charge in [0.2, 0.25) is 5.91 Å². The van der Waals surface area contributed by atoms with Crippen LogP contribution in [-0.2, 0) is 9.59 Å². The number of anilines is 1. The minimum absolute atomic E-state index is 0.0811. The van der Waals surface area contributed by atoms with Gasteiger partial charge in [0.1, 0.15) is 11.7 Å². The molecular formula is C17H19N3O3S2. The van der Waals surface area contributed by atoms with E-state index >= 15 is 0 Å². The Morgan fingerprint density at radius 2 is 2.36 bits per heavy atom. The number of hydrogen-bond donors (Lipinski definition) is 1. The molecule has 2 aromatic heterocycles. The Labute approximate surface area is 154 Å². The summed E-state index contributed by atoms with van der Waals surface area (Å²) in [5.74, 6) is 1.49. The number of thioether (sulfide) groups is 1. The lowest BCUT2D eigenvalue weighted by molar-refractivity contribution is -0.133. The lowest BCUT2D eigenvalue weighted by atomic mass is 10.2. The van der Waals surface area contributed by atoms with E-state index in [4.69, 9.17) is 4.42 Å². The number of rotatable bonds is 5. The quantitative estimate of drug-likeness (QED) is 0.806. The first-order chi connectivity index (χ1) is 12.1. The monoisotopic (exact) mass is 377 g/mol. The molecule has 3 rings (SSSR count). The first-order valence-electron chi connectivity index (χ1n) is 7.96. The van der Waals surface area contributed by atoms with Crippen molar-refractivity contribution in [3.05, 3.63) is 35.4 Å². The van der Waals surface area contributed by atoms with Gasteiger partial charge in [0, 0.05) is 16.7 Å². The topological polar surface area (TPSA) is 75.4 Å². The van der Waals surface area contributed by atoms with Crippen molar-refractivity contribution in [1.29, 1.82) is 0 Å². The van der Waals surface area contributed by atoms with Crippen LogP contribution < -0.4 is 5.32 Å². The normalized spacial score (nSPS) is 17.8. The van der Waals surface area contributed by atoms with Crippen molar-refractivity contribution in [1.82, 2.24) is 9.88 Å². The van der Waals surface area contributed by atoms with Crippen molar-refractivity contribution in [3.8, 4) is 11.5 Å². The highest BCUT2D eigenvalue weighted by Crippen LogP contribution is 2.27. The first kappa shape index (κ1) is 17.8. The summed E-state index contributed by atoms with van der Waals surface area (Å²) in [6.07, 6.45) is 4.26. The average Bonchev–Trinajstić information content (AvgIpc) is 3.34. The van der Waals surface area contributed by atoms with E-state index in [1.807, 2.05) is 24.4 Å². The summed E-state index contributed by atoms with van der Waals surface area (Å²) in [6.45, 7) is 3.78. The zero-order valence-electron chi connectivity index (χ0n) is 14.0. The van der Waals surface area contributed by atoms with Crippen LogP contribution in [0, 0.1) is 0 Å². The average molecular weight is 377 g/mol. The molecule has 1 N–H and O–H groups in total. The van der Waals surface area contributed by atoms with Crippen molar-refractivity contribution in [2.45, 2.75) is 26.3 Å². The van der Waals surface area contributed by atoms with Crippen LogP contribution in [0.5, 0.6) is 0 Å². The van der Waals surface area contributed by atoms with Gasteiger partial charge in [-0.2, -0.15) is 0 Å². The number of furan rings is 1. The van der Waals surface area contributed by atoms with Crippen LogP contribution in [-0.4, -0.2) is 39.4 Å². The molecule has 132 valence electrons. The van der Waals surface area contributed by atoms with Crippen LogP contribution in [0.1, 0.15) is 20.3 Å². The van der Waals surface area contributed by atoms with Gasteiger partial charge < -0.3 is 14.6 Å². The SMILES string of the molecule is CC/C=C(/C)C(=O)N1CSCC1C(=O)Nc1nc(-c2ccco2)cs1. The number of aromatic nitrogens is 1. The summed E-state index contributed by atoms with van der Waals surface area (Å²) in [5, 5.41) is 5.15. The minimum atomic E-state index is -0.478. The van der Waals surface area contributed by atoms with Crippen LogP contribution >= 0.6 is 23.1 Å². The van der Waals surface area contributed by atoms with Gasteiger partial charge in [-0.05, 0) is 25.5 Å². The Hall–Kier alpha value is -2.06. The predicted molar refractivity (Wildman–Crippen MR) is 100 cm³/mol. The molecule has 2 amide bonds. The summed E-state index contributed by atoms with van der Waals surface area (Å²) in [6, 6.07) is 3.13. The lowest BCUT2D eigenvalue weighted by Gasteiger charge is -2.23. The molecule has 0 aromatic carbocycles. The van der Waals surface area contributed by atoms with E-state index in [9.17, 15) is 9.59 Å². The molecule has 3 heterocycles. The van der Waals surface area contributed by atoms with Crippen molar-refractivity contribution >= 4 is 40.0 Å². The Morgan fingerprint density at radius 3 is 3.08 bits per heavy atom. The Balaban J connectivity index is 1.68. The fourth-order valence-electron chi connectivity index (χ4n) is 2.54. The van der Waals surface area contributed by atoms with Crippen molar-refractivity contribution in [2.75, 3.05) is 16.9 Å². The van der Waals surface area contributed by atoms with Crippen LogP contribution in [0.2, 0.25) is 0 Å². The third-order valence-electron chi connectivity index (χ3n) is 3.80. The standard InChI is InChI=1S/C17H19N3O3S2/c1-3-5-11(2)16(22)20-10-24-9-13(20)15(21)19-17-18-12(8-25-17)14-6-4-7-23-14/h4-8,13H,3,9-10H2,1-2H3,(H,18,19,21)/b11-5-. The van der Waals surface area contributed by atoms with Crippen LogP contribution in [0.4, 0.5) is 5.13 Å². The highest BCUT2D eigenvalue weighted by atomic mass is 32.2. The van der Waals surface area contributed by atoms with Crippen molar-refractivity contribution in [2.24, 2.45) is 0 Å². The number of thiazole rings is 1. The molecule has 25 heavy (non-hydrogen) atoms. The molecule has 0 aliphatic carbocycles. The maximum atomic E-state index is 12.6. The second-order valence-corrected chi connectivity index (χ2v) is 7.45. The van der Waals surface area contributed by atoms with E-state index in [1.54, 1.807) is 35.9 Å². The molecule has 1 unspecified atom stereocenters. The van der Waals surface area contributed by atoms with Gasteiger partial charge >= 0.3 is 0 Å². The van der Waals surface area contributed by atoms with Gasteiger partial charge in [-0.25, -0.2) is 4.98 Å². The molecular weight excluding hydrogens is 358 g/mol. The van der Waals surface area contributed by atoms with Gasteiger partial charge in [0.25, 0.3) is 5.91 Å². The third kappa shape index (κ3) is 3.96. The van der Waals surface area contributed by atoms with Crippen LogP contribution in [0.25, 0.3) is 11.5 Å². The maximum absolute atomic E-state index is 12.6. The van der Waals surface area contributed by atoms with Crippen molar-refractivity contribution in [3.63, 3.8) is 0 Å². The number of carbonyl (C=O) groups excluding carboxylic acids is 2. The Kier molecular flexibility index (Phi) is 5.60. The van der Waals surface area contributed by atoms with E-state index in [1.165, 1.54) is 11.3 Å². The summed E-state index contributed by atoms with van der Waals surface area (Å²) in [7, 11) is 0. The molecule has 0 bridgehead atoms. The number of allylic oxidation sites excluding steroid dienone is 1. The van der Waals surface area contributed by atoms with Gasteiger partial charge in [0.15, 0.2) is 10.9 Å². The molecule has 1 fully saturated rings. The van der Waals surface area contributed by atoms with Gasteiger partial charge in [-0.3, -0.25) is 9.59 Å². The zero-order chi connectivity index (χ0) is 17.8. The van der Waals surface area contributed by atoms with Crippen LogP contribution in [0.15, 0.2) is 39.8 Å². The van der Waals surface area contributed by atoms with E-state index < -0.39 is 6.04 Å². The van der Waals surface area contributed by atoms with Crippen molar-refractivity contribution < 1.29 is 14.0 Å². The molecule has 8 heteroatoms. The van der Waals surface area contributed by atoms with E-state index in [2.05, 4.69) is 10.3 Å². The highest BCUT2D eigenvalue weighted by molar-refractivity contribution is 7.99. The molecule has 0 saturated carbocycles. The number of hydrogen-bond acceptors (Lipinski definition) is 6. The van der Waals surface area contributed by atoms with Crippen LogP contribution in [0.3, 0.4) is 0 Å². The number of nitrogens with one attached hydrogen (secondary N) is 1. The number of carbonyl (C=O) groups is 2. The van der Waals surface area contributed by atoms with E-state index in [0.717, 1.165) is 6.42 Å². The molecule has 0 radical (unpaired) electrons. The zero-order valence-corrected chi connectivity index (χ0v) is 15.7. The largest absolute Gasteiger partial charge is 0.463 e. The molecule has 1 saturated heterocycles. The second kappa shape index (κ2) is 7.88. The highest BCUT2D eigenvalue weighted by Gasteiger charge is 2.35. The van der Waals surface area contributed by atoms with Gasteiger partial charge in [-0.1, -0.05) is 13.0 Å². The summed E-state index contributed by atoms with van der Waals surface area (Å²) >= 11 is 2.92. The summed E-state index contributed by atoms with van der Waals surface area (Å²) < 4.78 is 5.30. The van der Waals surface area contributed by atoms with Gasteiger partial charge in [-0.15, -0.1) is 23.1 Å². The minimum Gasteiger partial charge on any atom is -0.463 e. The van der Waals surface area contributed by atoms with E-state index in [-0.39, 0.29) is 11.8 Å². The Bertz CT molecular complexity index is 783.